The Labute approximate surface area is 169 Å². The van der Waals surface area contributed by atoms with Gasteiger partial charge in [-0.05, 0) is 48.9 Å². The van der Waals surface area contributed by atoms with E-state index in [9.17, 15) is 9.59 Å². The molecule has 1 aromatic heterocycles. The third-order valence-electron chi connectivity index (χ3n) is 5.10. The molecule has 0 saturated carbocycles. The van der Waals surface area contributed by atoms with Gasteiger partial charge in [-0.25, -0.2) is 0 Å². The first-order valence-corrected chi connectivity index (χ1v) is 9.72. The van der Waals surface area contributed by atoms with Gasteiger partial charge in [0.05, 0.1) is 0 Å². The van der Waals surface area contributed by atoms with Gasteiger partial charge in [-0.15, -0.1) is 0 Å². The van der Waals surface area contributed by atoms with E-state index >= 15 is 0 Å². The molecule has 0 atom stereocenters. The van der Waals surface area contributed by atoms with Gasteiger partial charge in [0, 0.05) is 53.1 Å². The lowest BCUT2D eigenvalue weighted by atomic mass is 10.1. The molecule has 0 unspecified atom stereocenters. The number of carbonyl (C=O) groups excluding carboxylic acids is 2. The number of hydrogen-bond donors (Lipinski definition) is 2. The molecule has 5 heteroatoms. The first kappa shape index (κ1) is 18.7. The molecule has 4 rings (SSSR count). The van der Waals surface area contributed by atoms with Crippen LogP contribution < -0.4 is 10.6 Å². The molecule has 4 aromatic rings. The molecular weight excluding hydrogens is 362 g/mol. The van der Waals surface area contributed by atoms with E-state index in [1.165, 1.54) is 17.8 Å². The van der Waals surface area contributed by atoms with E-state index < -0.39 is 0 Å². The van der Waals surface area contributed by atoms with Crippen molar-refractivity contribution in [1.82, 2.24) is 9.88 Å². The molecule has 0 aliphatic carbocycles. The highest BCUT2D eigenvalue weighted by Gasteiger charge is 2.11. The number of aryl methyl sites for hydroxylation is 1. The number of fused-ring (bicyclic) bond motifs is 3. The van der Waals surface area contributed by atoms with Crippen molar-refractivity contribution in [2.45, 2.75) is 26.9 Å². The number of anilines is 1. The third-order valence-corrected chi connectivity index (χ3v) is 5.10. The molecule has 29 heavy (non-hydrogen) atoms. The maximum atomic E-state index is 12.7. The number of benzene rings is 3. The molecule has 0 saturated heterocycles. The van der Waals surface area contributed by atoms with E-state index in [4.69, 9.17) is 0 Å². The molecule has 0 aliphatic rings. The van der Waals surface area contributed by atoms with Crippen molar-refractivity contribution < 1.29 is 9.59 Å². The van der Waals surface area contributed by atoms with Gasteiger partial charge < -0.3 is 15.2 Å². The molecule has 0 spiro atoms. The minimum atomic E-state index is -0.158. The molecule has 1 heterocycles. The van der Waals surface area contributed by atoms with Crippen molar-refractivity contribution in [3.8, 4) is 0 Å². The van der Waals surface area contributed by atoms with Gasteiger partial charge in [0.2, 0.25) is 5.91 Å². The van der Waals surface area contributed by atoms with Crippen LogP contribution in [0.4, 0.5) is 5.69 Å². The summed E-state index contributed by atoms with van der Waals surface area (Å²) in [6, 6.07) is 21.6. The average molecular weight is 385 g/mol. The number of amides is 2. The van der Waals surface area contributed by atoms with Crippen molar-refractivity contribution in [3.63, 3.8) is 0 Å². The summed E-state index contributed by atoms with van der Waals surface area (Å²) in [5.74, 6) is -0.235. The first-order valence-electron chi connectivity index (χ1n) is 9.72. The minimum Gasteiger partial charge on any atom is -0.352 e. The maximum absolute atomic E-state index is 12.7. The van der Waals surface area contributed by atoms with Crippen LogP contribution in [0.25, 0.3) is 21.8 Å². The zero-order valence-electron chi connectivity index (χ0n) is 16.5. The van der Waals surface area contributed by atoms with Crippen molar-refractivity contribution >= 4 is 39.3 Å². The van der Waals surface area contributed by atoms with E-state index in [1.807, 2.05) is 36.4 Å². The Kier molecular flexibility index (Phi) is 5.04. The number of aromatic nitrogens is 1. The Morgan fingerprint density at radius 1 is 0.897 bits per heavy atom. The number of rotatable bonds is 5. The average Bonchev–Trinajstić information content (AvgIpc) is 3.05. The summed E-state index contributed by atoms with van der Waals surface area (Å²) in [5.41, 5.74) is 4.65. The van der Waals surface area contributed by atoms with Crippen LogP contribution in [0, 0.1) is 0 Å². The van der Waals surface area contributed by atoms with Gasteiger partial charge in [0.1, 0.15) is 0 Å². The lowest BCUT2D eigenvalue weighted by Crippen LogP contribution is -2.19. The molecule has 0 aliphatic heterocycles. The highest BCUT2D eigenvalue weighted by Crippen LogP contribution is 2.31. The zero-order valence-corrected chi connectivity index (χ0v) is 16.5. The van der Waals surface area contributed by atoms with Crippen LogP contribution in [0.2, 0.25) is 0 Å². The van der Waals surface area contributed by atoms with Gasteiger partial charge in [-0.1, -0.05) is 30.3 Å². The summed E-state index contributed by atoms with van der Waals surface area (Å²) >= 11 is 0. The van der Waals surface area contributed by atoms with Crippen LogP contribution in [-0.4, -0.2) is 16.4 Å². The second-order valence-corrected chi connectivity index (χ2v) is 7.05. The lowest BCUT2D eigenvalue weighted by molar-refractivity contribution is -0.119. The predicted octanol–water partition coefficient (Wildman–Crippen LogP) is 4.70. The van der Waals surface area contributed by atoms with Gasteiger partial charge in [-0.3, -0.25) is 9.59 Å². The Bertz CT molecular complexity index is 1210. The Morgan fingerprint density at radius 2 is 1.62 bits per heavy atom. The van der Waals surface area contributed by atoms with Crippen LogP contribution in [0.1, 0.15) is 29.8 Å². The van der Waals surface area contributed by atoms with Crippen molar-refractivity contribution in [2.75, 3.05) is 5.32 Å². The second kappa shape index (κ2) is 7.80. The number of para-hydroxylation sites is 1. The van der Waals surface area contributed by atoms with Gasteiger partial charge in [-0.2, -0.15) is 0 Å². The van der Waals surface area contributed by atoms with Crippen molar-refractivity contribution in [2.24, 2.45) is 0 Å². The highest BCUT2D eigenvalue weighted by molar-refractivity contribution is 6.11. The summed E-state index contributed by atoms with van der Waals surface area (Å²) in [5, 5.41) is 8.05. The van der Waals surface area contributed by atoms with Crippen molar-refractivity contribution in [1.29, 1.82) is 0 Å². The Balaban J connectivity index is 1.58. The molecule has 2 N–H and O–H groups in total. The monoisotopic (exact) mass is 385 g/mol. The van der Waals surface area contributed by atoms with E-state index in [0.29, 0.717) is 12.1 Å². The number of carbonyl (C=O) groups is 2. The molecule has 0 fully saturated rings. The third kappa shape index (κ3) is 3.72. The van der Waals surface area contributed by atoms with E-state index in [-0.39, 0.29) is 11.8 Å². The van der Waals surface area contributed by atoms with Crippen LogP contribution >= 0.6 is 0 Å². The van der Waals surface area contributed by atoms with E-state index in [1.54, 1.807) is 12.1 Å². The number of nitrogens with zero attached hydrogens (tertiary/aromatic N) is 1. The fourth-order valence-corrected chi connectivity index (χ4v) is 3.68. The molecular formula is C24H23N3O2. The lowest BCUT2D eigenvalue weighted by Gasteiger charge is -2.08. The zero-order chi connectivity index (χ0) is 20.4. The fraction of sp³-hybridized carbons (Fsp3) is 0.167. The van der Waals surface area contributed by atoms with Gasteiger partial charge in [0.15, 0.2) is 0 Å². The molecule has 3 aromatic carbocycles. The fourth-order valence-electron chi connectivity index (χ4n) is 3.68. The summed E-state index contributed by atoms with van der Waals surface area (Å²) in [4.78, 5) is 23.7. The minimum absolute atomic E-state index is 0.0772. The summed E-state index contributed by atoms with van der Waals surface area (Å²) in [6.07, 6.45) is 0. The largest absolute Gasteiger partial charge is 0.352 e. The first-order chi connectivity index (χ1) is 14.1. The standard InChI is InChI=1S/C24H23N3O2/c1-3-27-22-7-5-4-6-20(22)21-14-19(12-13-23(21)27)26-24(29)18-10-8-17(9-11-18)15-25-16(2)28/h4-14H,3,15H2,1-2H3,(H,25,28)(H,26,29). The smallest absolute Gasteiger partial charge is 0.255 e. The van der Waals surface area contributed by atoms with E-state index in [2.05, 4.69) is 40.3 Å². The number of hydrogen-bond acceptors (Lipinski definition) is 2. The maximum Gasteiger partial charge on any atom is 0.255 e. The molecule has 146 valence electrons. The topological polar surface area (TPSA) is 63.1 Å². The summed E-state index contributed by atoms with van der Waals surface area (Å²) in [7, 11) is 0. The van der Waals surface area contributed by atoms with Gasteiger partial charge >= 0.3 is 0 Å². The normalized spacial score (nSPS) is 11.0. The van der Waals surface area contributed by atoms with Crippen LogP contribution in [0.15, 0.2) is 66.7 Å². The molecule has 0 bridgehead atoms. The number of nitrogens with one attached hydrogen (secondary N) is 2. The quantitative estimate of drug-likeness (QED) is 0.523. The molecule has 5 nitrogen and oxygen atoms in total. The summed E-state index contributed by atoms with van der Waals surface area (Å²) < 4.78 is 2.28. The SMILES string of the molecule is CCn1c2ccccc2c2cc(NC(=O)c3ccc(CNC(C)=O)cc3)ccc21. The summed E-state index contributed by atoms with van der Waals surface area (Å²) in [6.45, 7) is 4.96. The predicted molar refractivity (Wildman–Crippen MR) is 117 cm³/mol. The van der Waals surface area contributed by atoms with Crippen LogP contribution in [-0.2, 0) is 17.9 Å². The highest BCUT2D eigenvalue weighted by atomic mass is 16.2. The van der Waals surface area contributed by atoms with Crippen LogP contribution in [0.5, 0.6) is 0 Å². The van der Waals surface area contributed by atoms with Gasteiger partial charge in [0.25, 0.3) is 5.91 Å². The Hall–Kier alpha value is -3.60. The molecule has 0 radical (unpaired) electrons. The molecule has 2 amide bonds. The Morgan fingerprint density at radius 3 is 2.34 bits per heavy atom. The van der Waals surface area contributed by atoms with Crippen LogP contribution in [0.3, 0.4) is 0 Å². The second-order valence-electron chi connectivity index (χ2n) is 7.05. The van der Waals surface area contributed by atoms with Crippen molar-refractivity contribution in [3.05, 3.63) is 77.9 Å². The van der Waals surface area contributed by atoms with E-state index in [0.717, 1.165) is 28.7 Å².